The average Bonchev–Trinajstić information content (AvgIpc) is 2.35. The van der Waals surface area contributed by atoms with Gasteiger partial charge in [0, 0.05) is 0 Å². The van der Waals surface area contributed by atoms with E-state index in [0.717, 1.165) is 14.0 Å². The first-order chi connectivity index (χ1) is 9.11. The molecule has 0 radical (unpaired) electrons. The van der Waals surface area contributed by atoms with Crippen LogP contribution in [-0.2, 0) is 19.1 Å². The van der Waals surface area contributed by atoms with Crippen LogP contribution in [0.25, 0.3) is 0 Å². The minimum absolute atomic E-state index is 0.311. The van der Waals surface area contributed by atoms with Crippen molar-refractivity contribution < 1.29 is 29.3 Å². The summed E-state index contributed by atoms with van der Waals surface area (Å²) in [5, 5.41) is 20.8. The zero-order valence-corrected chi connectivity index (χ0v) is 12.9. The first-order valence-electron chi connectivity index (χ1n) is 6.44. The number of carbonyl (C=O) groups is 3. The van der Waals surface area contributed by atoms with Gasteiger partial charge in [0.2, 0.25) is 5.91 Å². The van der Waals surface area contributed by atoms with Crippen LogP contribution >= 0.6 is 0 Å². The first-order valence-corrected chi connectivity index (χ1v) is 6.44. The lowest BCUT2D eigenvalue weighted by Gasteiger charge is -2.22. The Balaban J connectivity index is 0. The van der Waals surface area contributed by atoms with Crippen molar-refractivity contribution >= 4 is 17.8 Å². The number of hydrogen-bond acceptors (Lipinski definition) is 5. The summed E-state index contributed by atoms with van der Waals surface area (Å²) in [5.74, 6) is -3.16. The van der Waals surface area contributed by atoms with E-state index < -0.39 is 35.9 Å². The van der Waals surface area contributed by atoms with Crippen LogP contribution in [0.5, 0.6) is 0 Å². The zero-order chi connectivity index (χ0) is 16.5. The second kappa shape index (κ2) is 9.30. The summed E-state index contributed by atoms with van der Waals surface area (Å²) < 4.78 is 4.33. The molecule has 118 valence electrons. The van der Waals surface area contributed by atoms with Crippen molar-refractivity contribution in [1.29, 1.82) is 0 Å². The van der Waals surface area contributed by atoms with E-state index in [1.54, 1.807) is 13.8 Å². The molecule has 0 aromatic rings. The van der Waals surface area contributed by atoms with Gasteiger partial charge in [-0.25, -0.2) is 9.59 Å². The number of nitrogens with one attached hydrogen (secondary N) is 1. The minimum Gasteiger partial charge on any atom is -0.480 e. The van der Waals surface area contributed by atoms with Gasteiger partial charge in [0.1, 0.15) is 6.04 Å². The third-order valence-corrected chi connectivity index (χ3v) is 2.38. The molecule has 0 saturated heterocycles. The van der Waals surface area contributed by atoms with Crippen LogP contribution in [-0.4, -0.2) is 46.8 Å². The van der Waals surface area contributed by atoms with Gasteiger partial charge in [0.05, 0.1) is 13.5 Å². The molecular formula is C13H25NO6. The smallest absolute Gasteiger partial charge is 0.338 e. The summed E-state index contributed by atoms with van der Waals surface area (Å²) in [4.78, 5) is 33.6. The van der Waals surface area contributed by atoms with Crippen LogP contribution in [0.4, 0.5) is 0 Å². The lowest BCUT2D eigenvalue weighted by Crippen LogP contribution is -2.48. The second-order valence-corrected chi connectivity index (χ2v) is 4.57. The molecule has 7 nitrogen and oxygen atoms in total. The fourth-order valence-electron chi connectivity index (χ4n) is 1.34. The number of hydrogen-bond donors (Lipinski definition) is 3. The van der Waals surface area contributed by atoms with Crippen molar-refractivity contribution in [1.82, 2.24) is 5.32 Å². The Morgan fingerprint density at radius 1 is 1.25 bits per heavy atom. The van der Waals surface area contributed by atoms with E-state index in [2.05, 4.69) is 10.1 Å². The van der Waals surface area contributed by atoms with Gasteiger partial charge in [-0.3, -0.25) is 4.79 Å². The Hall–Kier alpha value is -1.63. The molecule has 0 spiro atoms. The molecule has 1 amide bonds. The predicted octanol–water partition coefficient (Wildman–Crippen LogP) is 0.552. The minimum atomic E-state index is -1.97. The fraction of sp³-hybridized carbons (Fsp3) is 0.769. The quantitative estimate of drug-likeness (QED) is 0.616. The molecular weight excluding hydrogens is 266 g/mol. The van der Waals surface area contributed by atoms with Gasteiger partial charge in [0.15, 0.2) is 5.60 Å². The number of amides is 1. The Morgan fingerprint density at radius 2 is 1.70 bits per heavy atom. The van der Waals surface area contributed by atoms with Crippen molar-refractivity contribution in [2.24, 2.45) is 5.92 Å². The van der Waals surface area contributed by atoms with E-state index in [1.807, 2.05) is 13.8 Å². The highest BCUT2D eigenvalue weighted by Gasteiger charge is 2.35. The largest absolute Gasteiger partial charge is 0.480 e. The Labute approximate surface area is 119 Å². The maximum absolute atomic E-state index is 11.6. The highest BCUT2D eigenvalue weighted by Crippen LogP contribution is 2.12. The molecule has 20 heavy (non-hydrogen) atoms. The van der Waals surface area contributed by atoms with E-state index in [0.29, 0.717) is 0 Å². The van der Waals surface area contributed by atoms with E-state index in [4.69, 9.17) is 5.11 Å². The summed E-state index contributed by atoms with van der Waals surface area (Å²) in [5.41, 5.74) is -1.97. The highest BCUT2D eigenvalue weighted by atomic mass is 16.5. The Kier molecular flexibility index (Phi) is 9.62. The van der Waals surface area contributed by atoms with Gasteiger partial charge in [-0.1, -0.05) is 27.7 Å². The summed E-state index contributed by atoms with van der Waals surface area (Å²) in [6, 6.07) is -1.06. The number of rotatable bonds is 6. The molecule has 0 aliphatic rings. The van der Waals surface area contributed by atoms with E-state index >= 15 is 0 Å². The maximum Gasteiger partial charge on any atom is 0.338 e. The Morgan fingerprint density at radius 3 is 2.00 bits per heavy atom. The number of methoxy groups -OCH3 is 1. The predicted molar refractivity (Wildman–Crippen MR) is 73.0 cm³/mol. The third-order valence-electron chi connectivity index (χ3n) is 2.38. The molecule has 7 heteroatoms. The van der Waals surface area contributed by atoms with Crippen molar-refractivity contribution in [2.75, 3.05) is 7.11 Å². The van der Waals surface area contributed by atoms with Crippen LogP contribution in [0.15, 0.2) is 0 Å². The van der Waals surface area contributed by atoms with E-state index in [-0.39, 0.29) is 5.92 Å². The van der Waals surface area contributed by atoms with Gasteiger partial charge in [-0.2, -0.15) is 0 Å². The molecule has 0 heterocycles. The van der Waals surface area contributed by atoms with Crippen molar-refractivity contribution in [3.8, 4) is 0 Å². The normalized spacial score (nSPS) is 14.4. The van der Waals surface area contributed by atoms with Crippen molar-refractivity contribution in [3.63, 3.8) is 0 Å². The molecule has 0 bridgehead atoms. The van der Waals surface area contributed by atoms with Crippen molar-refractivity contribution in [3.05, 3.63) is 0 Å². The van der Waals surface area contributed by atoms with Crippen LogP contribution in [0.2, 0.25) is 0 Å². The second-order valence-electron chi connectivity index (χ2n) is 4.57. The van der Waals surface area contributed by atoms with Crippen LogP contribution < -0.4 is 5.32 Å². The monoisotopic (exact) mass is 291 g/mol. The van der Waals surface area contributed by atoms with Gasteiger partial charge >= 0.3 is 11.9 Å². The number of aliphatic hydroxyl groups is 1. The molecule has 0 fully saturated rings. The lowest BCUT2D eigenvalue weighted by atomic mass is 10.0. The standard InChI is InChI=1S/C11H19NO6.C2H6/c1-6(2)8(9(14)15)12-7(13)5-11(3,17)10(16)18-4;1-2/h6,8,17H,5H2,1-4H3,(H,12,13)(H,14,15);1-2H3. The SMILES string of the molecule is CC.COC(=O)C(C)(O)CC(=O)NC(C(=O)O)C(C)C. The lowest BCUT2D eigenvalue weighted by molar-refractivity contribution is -0.163. The molecule has 0 saturated carbocycles. The van der Waals surface area contributed by atoms with Gasteiger partial charge < -0.3 is 20.3 Å². The zero-order valence-electron chi connectivity index (χ0n) is 12.9. The molecule has 0 aromatic carbocycles. The first kappa shape index (κ1) is 20.7. The molecule has 0 aromatic heterocycles. The highest BCUT2D eigenvalue weighted by molar-refractivity contribution is 5.89. The number of carbonyl (C=O) groups excluding carboxylic acids is 2. The molecule has 0 rings (SSSR count). The fourth-order valence-corrected chi connectivity index (χ4v) is 1.34. The van der Waals surface area contributed by atoms with Gasteiger partial charge in [0.25, 0.3) is 0 Å². The summed E-state index contributed by atoms with van der Waals surface area (Å²) in [6.45, 7) is 8.40. The average molecular weight is 291 g/mol. The summed E-state index contributed by atoms with van der Waals surface area (Å²) >= 11 is 0. The molecule has 2 unspecified atom stereocenters. The van der Waals surface area contributed by atoms with E-state index in [1.165, 1.54) is 0 Å². The van der Waals surface area contributed by atoms with Crippen LogP contribution in [0, 0.1) is 5.92 Å². The van der Waals surface area contributed by atoms with Gasteiger partial charge in [-0.15, -0.1) is 0 Å². The number of aliphatic carboxylic acids is 1. The maximum atomic E-state index is 11.6. The summed E-state index contributed by atoms with van der Waals surface area (Å²) in [7, 11) is 1.09. The molecule has 3 N–H and O–H groups in total. The van der Waals surface area contributed by atoms with Crippen LogP contribution in [0.1, 0.15) is 41.0 Å². The van der Waals surface area contributed by atoms with Gasteiger partial charge in [-0.05, 0) is 12.8 Å². The molecule has 0 aliphatic heterocycles. The summed E-state index contributed by atoms with van der Waals surface area (Å²) in [6.07, 6.45) is -0.559. The van der Waals surface area contributed by atoms with Crippen molar-refractivity contribution in [2.45, 2.75) is 52.7 Å². The number of esters is 1. The van der Waals surface area contributed by atoms with E-state index in [9.17, 15) is 19.5 Å². The third kappa shape index (κ3) is 7.08. The molecule has 0 aliphatic carbocycles. The number of ether oxygens (including phenoxy) is 1. The molecule has 2 atom stereocenters. The van der Waals surface area contributed by atoms with Crippen LogP contribution in [0.3, 0.4) is 0 Å². The number of carboxylic acid groups (broad SMARTS) is 1. The Bertz CT molecular complexity index is 338. The topological polar surface area (TPSA) is 113 Å². The number of carboxylic acids is 1.